The first kappa shape index (κ1) is 13.9. The average Bonchev–Trinajstić information content (AvgIpc) is 3.29. The molecule has 1 heterocycles. The summed E-state index contributed by atoms with van der Waals surface area (Å²) in [5, 5.41) is 2.77. The minimum absolute atomic E-state index is 0.0977. The third kappa shape index (κ3) is 2.59. The molecule has 0 bridgehead atoms. The summed E-state index contributed by atoms with van der Waals surface area (Å²) in [6, 6.07) is 13.4. The number of hydrogen-bond acceptors (Lipinski definition) is 4. The van der Waals surface area contributed by atoms with Crippen LogP contribution in [0.1, 0.15) is 17.2 Å². The van der Waals surface area contributed by atoms with Gasteiger partial charge in [0.2, 0.25) is 10.0 Å². The van der Waals surface area contributed by atoms with Gasteiger partial charge in [-0.15, -0.1) is 4.91 Å². The molecule has 0 N–H and O–H groups in total. The molecule has 3 rings (SSSR count). The van der Waals surface area contributed by atoms with Crippen molar-refractivity contribution in [3.8, 4) is 0 Å². The zero-order chi connectivity index (χ0) is 15.0. The van der Waals surface area contributed by atoms with E-state index in [0.717, 1.165) is 11.1 Å². The van der Waals surface area contributed by atoms with Gasteiger partial charge < -0.3 is 0 Å². The van der Waals surface area contributed by atoms with Gasteiger partial charge >= 0.3 is 0 Å². The van der Waals surface area contributed by atoms with Crippen molar-refractivity contribution in [2.45, 2.75) is 17.9 Å². The van der Waals surface area contributed by atoms with Crippen LogP contribution in [0.15, 0.2) is 58.6 Å². The van der Waals surface area contributed by atoms with Gasteiger partial charge in [-0.05, 0) is 41.9 Å². The second-order valence-electron chi connectivity index (χ2n) is 5.09. The smallest absolute Gasteiger partial charge is 0.207 e. The summed E-state index contributed by atoms with van der Waals surface area (Å²) >= 11 is 0. The Balaban J connectivity index is 1.83. The van der Waals surface area contributed by atoms with Crippen molar-refractivity contribution in [1.82, 2.24) is 4.31 Å². The minimum Gasteiger partial charge on any atom is -0.207 e. The molecule has 1 fully saturated rings. The minimum atomic E-state index is -3.51. The van der Waals surface area contributed by atoms with Crippen LogP contribution in [0, 0.1) is 11.8 Å². The Kier molecular flexibility index (Phi) is 3.35. The Morgan fingerprint density at radius 1 is 1.05 bits per heavy atom. The van der Waals surface area contributed by atoms with Crippen LogP contribution in [0.4, 0.5) is 5.69 Å². The maximum absolute atomic E-state index is 12.5. The molecule has 2 atom stereocenters. The van der Waals surface area contributed by atoms with Crippen molar-refractivity contribution in [2.24, 2.45) is 5.18 Å². The second kappa shape index (κ2) is 5.05. The van der Waals surface area contributed by atoms with E-state index in [1.807, 2.05) is 31.2 Å². The average molecular weight is 302 g/mol. The Labute approximate surface area is 123 Å². The van der Waals surface area contributed by atoms with Gasteiger partial charge in [-0.2, -0.15) is 4.31 Å². The van der Waals surface area contributed by atoms with E-state index in [0.29, 0.717) is 6.54 Å². The molecular weight excluding hydrogens is 288 g/mol. The molecule has 0 saturated carbocycles. The first-order valence-corrected chi connectivity index (χ1v) is 7.98. The van der Waals surface area contributed by atoms with Gasteiger partial charge in [-0.25, -0.2) is 8.42 Å². The fourth-order valence-corrected chi connectivity index (χ4v) is 3.81. The summed E-state index contributed by atoms with van der Waals surface area (Å²) in [6.07, 6.45) is 0. The summed E-state index contributed by atoms with van der Waals surface area (Å²) in [6.45, 7) is 2.48. The second-order valence-corrected chi connectivity index (χ2v) is 6.98. The highest BCUT2D eigenvalue weighted by Crippen LogP contribution is 2.40. The lowest BCUT2D eigenvalue weighted by atomic mass is 10.1. The highest BCUT2D eigenvalue weighted by atomic mass is 32.2. The molecule has 21 heavy (non-hydrogen) atoms. The number of sulfonamides is 1. The molecule has 1 aliphatic heterocycles. The van der Waals surface area contributed by atoms with Gasteiger partial charge in [0.05, 0.1) is 10.9 Å². The van der Waals surface area contributed by atoms with Crippen molar-refractivity contribution in [3.63, 3.8) is 0 Å². The zero-order valence-corrected chi connectivity index (χ0v) is 12.2. The third-order valence-corrected chi connectivity index (χ3v) is 5.47. The molecule has 5 nitrogen and oxygen atoms in total. The van der Waals surface area contributed by atoms with Crippen LogP contribution < -0.4 is 0 Å². The van der Waals surface area contributed by atoms with E-state index in [1.165, 1.54) is 28.6 Å². The summed E-state index contributed by atoms with van der Waals surface area (Å²) < 4.78 is 26.4. The number of hydrogen-bond donors (Lipinski definition) is 0. The molecule has 0 aliphatic carbocycles. The topological polar surface area (TPSA) is 66.6 Å². The van der Waals surface area contributed by atoms with Gasteiger partial charge in [0, 0.05) is 6.54 Å². The largest absolute Gasteiger partial charge is 0.243 e. The van der Waals surface area contributed by atoms with Crippen molar-refractivity contribution in [1.29, 1.82) is 0 Å². The Morgan fingerprint density at radius 2 is 1.67 bits per heavy atom. The van der Waals surface area contributed by atoms with E-state index in [2.05, 4.69) is 5.18 Å². The van der Waals surface area contributed by atoms with Crippen LogP contribution in [0.25, 0.3) is 0 Å². The maximum Gasteiger partial charge on any atom is 0.243 e. The summed E-state index contributed by atoms with van der Waals surface area (Å²) in [4.78, 5) is 10.6. The molecule has 1 saturated heterocycles. The Bertz CT molecular complexity index is 768. The summed E-state index contributed by atoms with van der Waals surface area (Å²) in [5.41, 5.74) is 2.36. The molecule has 0 spiro atoms. The van der Waals surface area contributed by atoms with Crippen LogP contribution in [-0.4, -0.2) is 19.3 Å². The lowest BCUT2D eigenvalue weighted by Gasteiger charge is -2.06. The lowest BCUT2D eigenvalue weighted by Crippen LogP contribution is -2.12. The van der Waals surface area contributed by atoms with E-state index in [9.17, 15) is 13.3 Å². The maximum atomic E-state index is 12.5. The van der Waals surface area contributed by atoms with Crippen LogP contribution in [0.3, 0.4) is 0 Å². The predicted octanol–water partition coefficient (Wildman–Crippen LogP) is 3.14. The number of nitroso groups, excluding NO2 is 1. The van der Waals surface area contributed by atoms with Crippen LogP contribution in [0.5, 0.6) is 0 Å². The van der Waals surface area contributed by atoms with E-state index in [-0.39, 0.29) is 16.6 Å². The normalized spacial score (nSPS) is 21.0. The van der Waals surface area contributed by atoms with Crippen molar-refractivity contribution in [2.75, 3.05) is 6.54 Å². The molecule has 2 unspecified atom stereocenters. The van der Waals surface area contributed by atoms with Crippen LogP contribution >= 0.6 is 0 Å². The first-order valence-electron chi connectivity index (χ1n) is 6.54. The number of rotatable bonds is 4. The van der Waals surface area contributed by atoms with E-state index in [4.69, 9.17) is 0 Å². The van der Waals surface area contributed by atoms with Gasteiger partial charge in [0.15, 0.2) is 0 Å². The predicted molar refractivity (Wildman–Crippen MR) is 79.7 cm³/mol. The highest BCUT2D eigenvalue weighted by molar-refractivity contribution is 7.89. The molecule has 2 aromatic carbocycles. The molecule has 0 radical (unpaired) electrons. The highest BCUT2D eigenvalue weighted by Gasteiger charge is 2.45. The number of aryl methyl sites for hydroxylation is 1. The fourth-order valence-electron chi connectivity index (χ4n) is 2.26. The third-order valence-electron chi connectivity index (χ3n) is 3.58. The Morgan fingerprint density at radius 3 is 2.24 bits per heavy atom. The zero-order valence-electron chi connectivity index (χ0n) is 11.4. The SMILES string of the molecule is Cc1ccc(C2CN2S(=O)(=O)c2ccc(N=O)cc2)cc1. The van der Waals surface area contributed by atoms with E-state index < -0.39 is 10.0 Å². The molecule has 2 aromatic rings. The van der Waals surface area contributed by atoms with Gasteiger partial charge in [0.1, 0.15) is 5.69 Å². The van der Waals surface area contributed by atoms with Gasteiger partial charge in [0.25, 0.3) is 0 Å². The summed E-state index contributed by atoms with van der Waals surface area (Å²) in [5.74, 6) is 0. The lowest BCUT2D eigenvalue weighted by molar-refractivity contribution is 0.554. The van der Waals surface area contributed by atoms with Crippen molar-refractivity contribution >= 4 is 15.7 Å². The quantitative estimate of drug-likeness (QED) is 0.643. The molecular formula is C15H14N2O3S. The fraction of sp³-hybridized carbons (Fsp3) is 0.200. The number of nitrogens with zero attached hydrogens (tertiary/aromatic N) is 2. The van der Waals surface area contributed by atoms with E-state index in [1.54, 1.807) is 0 Å². The van der Waals surface area contributed by atoms with Crippen LogP contribution in [0.2, 0.25) is 0 Å². The molecule has 0 aromatic heterocycles. The van der Waals surface area contributed by atoms with Crippen molar-refractivity contribution in [3.05, 3.63) is 64.6 Å². The van der Waals surface area contributed by atoms with E-state index >= 15 is 0 Å². The Hall–Kier alpha value is -2.05. The molecule has 1 aliphatic rings. The molecule has 108 valence electrons. The molecule has 6 heteroatoms. The number of benzene rings is 2. The molecule has 0 amide bonds. The standard InChI is InChI=1S/C15H14N2O3S/c1-11-2-4-12(5-3-11)15-10-17(15)21(19,20)14-8-6-13(16-18)7-9-14/h2-9,15H,10H2,1H3. The van der Waals surface area contributed by atoms with Crippen LogP contribution in [-0.2, 0) is 10.0 Å². The first-order chi connectivity index (χ1) is 10.0. The monoisotopic (exact) mass is 302 g/mol. The summed E-state index contributed by atoms with van der Waals surface area (Å²) in [7, 11) is -3.51. The van der Waals surface area contributed by atoms with Gasteiger partial charge in [-0.1, -0.05) is 29.8 Å². The van der Waals surface area contributed by atoms with Crippen molar-refractivity contribution < 1.29 is 8.42 Å². The van der Waals surface area contributed by atoms with Gasteiger partial charge in [-0.3, -0.25) is 0 Å².